The van der Waals surface area contributed by atoms with E-state index >= 15 is 0 Å². The van der Waals surface area contributed by atoms with Crippen molar-refractivity contribution in [3.05, 3.63) is 29.3 Å². The van der Waals surface area contributed by atoms with Gasteiger partial charge in [0.25, 0.3) is 6.43 Å². The summed E-state index contributed by atoms with van der Waals surface area (Å²) in [6.45, 7) is 0. The van der Waals surface area contributed by atoms with Crippen molar-refractivity contribution in [2.24, 2.45) is 0 Å². The van der Waals surface area contributed by atoms with E-state index in [-0.39, 0.29) is 5.56 Å². The molecule has 0 N–H and O–H groups in total. The van der Waals surface area contributed by atoms with Crippen molar-refractivity contribution >= 4 is 23.4 Å². The smallest absolute Gasteiger partial charge is 0.205 e. The fourth-order valence-corrected chi connectivity index (χ4v) is 2.30. The average Bonchev–Trinajstić information content (AvgIpc) is 2.25. The Morgan fingerprint density at radius 1 is 1.40 bits per heavy atom. The monoisotopic (exact) mass is 250 g/mol. The minimum absolute atomic E-state index is 0.145. The summed E-state index contributed by atoms with van der Waals surface area (Å²) < 4.78 is 25.5. The first-order valence-corrected chi connectivity index (χ1v) is 6.46. The van der Waals surface area contributed by atoms with Crippen LogP contribution in [-0.2, 0) is 6.42 Å². The Kier molecular flexibility index (Phi) is 5.40. The second-order valence-corrected chi connectivity index (χ2v) is 4.35. The molecule has 1 aromatic carbocycles. The molecule has 0 aliphatic carbocycles. The maximum Gasteiger partial charge on any atom is 0.264 e. The number of alkyl halides is 3. The zero-order chi connectivity index (χ0) is 11.3. The normalized spacial score (nSPS) is 11.0. The van der Waals surface area contributed by atoms with Gasteiger partial charge in [-0.3, -0.25) is 0 Å². The van der Waals surface area contributed by atoms with E-state index in [1.807, 2.05) is 12.3 Å². The number of hydrogen-bond acceptors (Lipinski definition) is 1. The van der Waals surface area contributed by atoms with Gasteiger partial charge < -0.3 is 0 Å². The van der Waals surface area contributed by atoms with Crippen LogP contribution >= 0.6 is 23.4 Å². The van der Waals surface area contributed by atoms with E-state index in [0.29, 0.717) is 12.3 Å². The maximum absolute atomic E-state index is 12.7. The predicted molar refractivity (Wildman–Crippen MR) is 62.2 cm³/mol. The van der Waals surface area contributed by atoms with Gasteiger partial charge in [-0.15, -0.1) is 23.4 Å². The number of thioether (sulfide) groups is 1. The standard InChI is InChI=1S/C11H13ClF2S/c1-15-10-6-2-4-9(11(13)14)8(10)5-3-7-12/h2,4,6,11H,3,5,7H2,1H3. The molecular formula is C11H13ClF2S. The molecule has 0 heterocycles. The van der Waals surface area contributed by atoms with Crippen LogP contribution < -0.4 is 0 Å². The molecule has 0 fully saturated rings. The molecule has 0 radical (unpaired) electrons. The van der Waals surface area contributed by atoms with Crippen molar-refractivity contribution in [3.63, 3.8) is 0 Å². The third-order valence-corrected chi connectivity index (χ3v) is 3.27. The molecule has 4 heteroatoms. The van der Waals surface area contributed by atoms with Gasteiger partial charge in [0.05, 0.1) is 0 Å². The van der Waals surface area contributed by atoms with Gasteiger partial charge in [-0.1, -0.05) is 12.1 Å². The van der Waals surface area contributed by atoms with Crippen molar-refractivity contribution in [1.82, 2.24) is 0 Å². The zero-order valence-corrected chi connectivity index (χ0v) is 10.0. The van der Waals surface area contributed by atoms with E-state index in [2.05, 4.69) is 0 Å². The fourth-order valence-electron chi connectivity index (χ4n) is 1.49. The summed E-state index contributed by atoms with van der Waals surface area (Å²) in [5.74, 6) is 0.505. The van der Waals surface area contributed by atoms with Crippen LogP contribution in [0.2, 0.25) is 0 Å². The molecule has 0 unspecified atom stereocenters. The molecule has 15 heavy (non-hydrogen) atoms. The molecule has 0 spiro atoms. The van der Waals surface area contributed by atoms with Crippen LogP contribution in [0.5, 0.6) is 0 Å². The molecule has 0 aromatic heterocycles. The van der Waals surface area contributed by atoms with E-state index in [4.69, 9.17) is 11.6 Å². The van der Waals surface area contributed by atoms with Gasteiger partial charge >= 0.3 is 0 Å². The second-order valence-electron chi connectivity index (χ2n) is 3.12. The number of rotatable bonds is 5. The van der Waals surface area contributed by atoms with Crippen LogP contribution in [0.15, 0.2) is 23.1 Å². The van der Waals surface area contributed by atoms with Crippen LogP contribution in [-0.4, -0.2) is 12.1 Å². The SMILES string of the molecule is CSc1cccc(C(F)F)c1CCCCl. The highest BCUT2D eigenvalue weighted by molar-refractivity contribution is 7.98. The minimum Gasteiger partial charge on any atom is -0.205 e. The molecule has 1 rings (SSSR count). The Balaban J connectivity index is 3.03. The highest BCUT2D eigenvalue weighted by Gasteiger charge is 2.14. The van der Waals surface area contributed by atoms with E-state index in [9.17, 15) is 8.78 Å². The van der Waals surface area contributed by atoms with Gasteiger partial charge in [0.2, 0.25) is 0 Å². The molecule has 0 bridgehead atoms. The van der Waals surface area contributed by atoms with E-state index < -0.39 is 6.43 Å². The first-order valence-electron chi connectivity index (χ1n) is 4.70. The van der Waals surface area contributed by atoms with Crippen LogP contribution in [0.3, 0.4) is 0 Å². The van der Waals surface area contributed by atoms with Gasteiger partial charge in [-0.25, -0.2) is 8.78 Å². The van der Waals surface area contributed by atoms with Crippen LogP contribution in [0.25, 0.3) is 0 Å². The molecule has 0 amide bonds. The molecule has 0 atom stereocenters. The van der Waals surface area contributed by atoms with E-state index in [1.165, 1.54) is 17.8 Å². The molecule has 0 nitrogen and oxygen atoms in total. The quantitative estimate of drug-likeness (QED) is 0.547. The summed E-state index contributed by atoms with van der Waals surface area (Å²) in [4.78, 5) is 0.929. The first kappa shape index (κ1) is 12.8. The van der Waals surface area contributed by atoms with Gasteiger partial charge in [0.1, 0.15) is 0 Å². The van der Waals surface area contributed by atoms with Crippen molar-refractivity contribution in [3.8, 4) is 0 Å². The summed E-state index contributed by atoms with van der Waals surface area (Å²) in [6, 6.07) is 5.05. The zero-order valence-electron chi connectivity index (χ0n) is 8.47. The first-order chi connectivity index (χ1) is 7.20. The lowest BCUT2D eigenvalue weighted by Gasteiger charge is -2.12. The molecular weight excluding hydrogens is 238 g/mol. The molecule has 0 aliphatic heterocycles. The molecule has 84 valence electrons. The summed E-state index contributed by atoms with van der Waals surface area (Å²) in [6.07, 6.45) is 0.857. The Labute approximate surface area is 98.0 Å². The summed E-state index contributed by atoms with van der Waals surface area (Å²) >= 11 is 7.09. The largest absolute Gasteiger partial charge is 0.264 e. The van der Waals surface area contributed by atoms with Crippen LogP contribution in [0, 0.1) is 0 Å². The molecule has 0 saturated carbocycles. The van der Waals surface area contributed by atoms with Crippen LogP contribution in [0.4, 0.5) is 8.78 Å². The number of halogens is 3. The third kappa shape index (κ3) is 3.35. The van der Waals surface area contributed by atoms with Gasteiger partial charge in [-0.2, -0.15) is 0 Å². The van der Waals surface area contributed by atoms with Crippen molar-refractivity contribution in [1.29, 1.82) is 0 Å². The van der Waals surface area contributed by atoms with Gasteiger partial charge in [-0.05, 0) is 30.7 Å². The summed E-state index contributed by atoms with van der Waals surface area (Å²) in [5.41, 5.74) is 0.896. The second kappa shape index (κ2) is 6.33. The lowest BCUT2D eigenvalue weighted by Crippen LogP contribution is -1.98. The molecule has 0 aliphatic rings. The maximum atomic E-state index is 12.7. The molecule has 0 saturated heterocycles. The Morgan fingerprint density at radius 2 is 2.13 bits per heavy atom. The van der Waals surface area contributed by atoms with Gasteiger partial charge in [0, 0.05) is 16.3 Å². The van der Waals surface area contributed by atoms with Crippen molar-refractivity contribution < 1.29 is 8.78 Å². The lowest BCUT2D eigenvalue weighted by atomic mass is 10.0. The Bertz CT molecular complexity index is 315. The molecule has 1 aromatic rings. The third-order valence-electron chi connectivity index (χ3n) is 2.18. The Morgan fingerprint density at radius 3 is 2.67 bits per heavy atom. The minimum atomic E-state index is -2.40. The number of hydrogen-bond donors (Lipinski definition) is 0. The van der Waals surface area contributed by atoms with E-state index in [0.717, 1.165) is 16.9 Å². The predicted octanol–water partition coefficient (Wildman–Crippen LogP) is 4.52. The van der Waals surface area contributed by atoms with Crippen molar-refractivity contribution in [2.75, 3.05) is 12.1 Å². The number of benzene rings is 1. The van der Waals surface area contributed by atoms with Gasteiger partial charge in [0.15, 0.2) is 0 Å². The highest BCUT2D eigenvalue weighted by atomic mass is 35.5. The van der Waals surface area contributed by atoms with E-state index in [1.54, 1.807) is 6.07 Å². The fraction of sp³-hybridized carbons (Fsp3) is 0.455. The topological polar surface area (TPSA) is 0 Å². The Hall–Kier alpha value is -0.280. The highest BCUT2D eigenvalue weighted by Crippen LogP contribution is 2.31. The average molecular weight is 251 g/mol. The summed E-state index contributed by atoms with van der Waals surface area (Å²) in [5, 5.41) is 0. The van der Waals surface area contributed by atoms with Crippen LogP contribution in [0.1, 0.15) is 24.0 Å². The summed E-state index contributed by atoms with van der Waals surface area (Å²) in [7, 11) is 0. The van der Waals surface area contributed by atoms with Crippen molar-refractivity contribution in [2.45, 2.75) is 24.2 Å². The lowest BCUT2D eigenvalue weighted by molar-refractivity contribution is 0.150.